The zero-order valence-electron chi connectivity index (χ0n) is 12.9. The summed E-state index contributed by atoms with van der Waals surface area (Å²) in [4.78, 5) is 2.59. The molecular weight excluding hydrogens is 270 g/mol. The second-order valence-corrected chi connectivity index (χ2v) is 6.72. The molecule has 2 bridgehead atoms. The first-order chi connectivity index (χ1) is 10.8. The van der Waals surface area contributed by atoms with Gasteiger partial charge in [0.15, 0.2) is 0 Å². The topological polar surface area (TPSA) is 23.5 Å². The van der Waals surface area contributed by atoms with Gasteiger partial charge in [0.1, 0.15) is 6.10 Å². The summed E-state index contributed by atoms with van der Waals surface area (Å²) in [7, 11) is 0. The van der Waals surface area contributed by atoms with Crippen LogP contribution < -0.4 is 0 Å². The Morgan fingerprint density at radius 2 is 1.50 bits per heavy atom. The minimum Gasteiger partial charge on any atom is -0.384 e. The van der Waals surface area contributed by atoms with Crippen LogP contribution in [0.4, 0.5) is 0 Å². The Kier molecular flexibility index (Phi) is 3.73. The van der Waals surface area contributed by atoms with Gasteiger partial charge < -0.3 is 10.0 Å². The van der Waals surface area contributed by atoms with Gasteiger partial charge in [0, 0.05) is 6.54 Å². The van der Waals surface area contributed by atoms with E-state index in [0.29, 0.717) is 5.92 Å². The molecule has 0 aliphatic carbocycles. The quantitative estimate of drug-likeness (QED) is 0.935. The summed E-state index contributed by atoms with van der Waals surface area (Å²) < 4.78 is 0. The predicted octanol–water partition coefficient (Wildman–Crippen LogP) is 3.58. The summed E-state index contributed by atoms with van der Waals surface area (Å²) in [6.07, 6.45) is 2.17. The third-order valence-corrected chi connectivity index (χ3v) is 5.45. The molecule has 2 aromatic carbocycles. The van der Waals surface area contributed by atoms with Crippen LogP contribution in [0.5, 0.6) is 0 Å². The minimum atomic E-state index is -0.526. The van der Waals surface area contributed by atoms with Gasteiger partial charge in [-0.3, -0.25) is 0 Å². The maximum Gasteiger partial charge on any atom is 0.104 e. The third-order valence-electron chi connectivity index (χ3n) is 5.45. The number of aliphatic hydroxyl groups is 1. The lowest BCUT2D eigenvalue weighted by molar-refractivity contribution is 0.0871. The highest BCUT2D eigenvalue weighted by molar-refractivity contribution is 5.33. The van der Waals surface area contributed by atoms with Crippen molar-refractivity contribution < 1.29 is 5.11 Å². The van der Waals surface area contributed by atoms with Crippen molar-refractivity contribution >= 4 is 0 Å². The van der Waals surface area contributed by atoms with Gasteiger partial charge >= 0.3 is 0 Å². The first-order valence-electron chi connectivity index (χ1n) is 8.36. The number of piperidine rings is 3. The molecule has 2 nitrogen and oxygen atoms in total. The van der Waals surface area contributed by atoms with Crippen LogP contribution in [0.1, 0.15) is 41.6 Å². The number of hydrogen-bond donors (Lipinski definition) is 1. The van der Waals surface area contributed by atoms with Crippen molar-refractivity contribution in [2.45, 2.75) is 24.9 Å². The standard InChI is InChI=1S/C20H23NO/c22-20(17-4-2-1-3-5-17)18-8-6-15(7-9-18)19-14-21-12-10-16(19)11-13-21/h1-9,16,19-20,22H,10-14H2. The molecule has 3 aliphatic rings. The van der Waals surface area contributed by atoms with Crippen molar-refractivity contribution in [2.75, 3.05) is 19.6 Å². The molecule has 22 heavy (non-hydrogen) atoms. The Bertz CT molecular complexity index is 614. The highest BCUT2D eigenvalue weighted by Gasteiger charge is 2.34. The first-order valence-corrected chi connectivity index (χ1v) is 8.36. The summed E-state index contributed by atoms with van der Waals surface area (Å²) in [6.45, 7) is 3.78. The average molecular weight is 293 g/mol. The molecule has 3 fully saturated rings. The van der Waals surface area contributed by atoms with Crippen LogP contribution in [0.3, 0.4) is 0 Å². The van der Waals surface area contributed by atoms with Crippen LogP contribution >= 0.6 is 0 Å². The van der Waals surface area contributed by atoms with Crippen molar-refractivity contribution in [1.82, 2.24) is 4.90 Å². The second kappa shape index (κ2) is 5.86. The fraction of sp³-hybridized carbons (Fsp3) is 0.400. The SMILES string of the molecule is OC(c1ccccc1)c1ccc(C2CN3CCC2CC3)cc1. The Morgan fingerprint density at radius 3 is 2.09 bits per heavy atom. The molecule has 0 amide bonds. The zero-order chi connectivity index (χ0) is 14.9. The summed E-state index contributed by atoms with van der Waals surface area (Å²) in [5.74, 6) is 1.54. The molecule has 0 aromatic heterocycles. The van der Waals surface area contributed by atoms with Gasteiger partial charge in [0.05, 0.1) is 0 Å². The average Bonchev–Trinajstić information content (AvgIpc) is 2.63. The summed E-state index contributed by atoms with van der Waals surface area (Å²) in [5.41, 5.74) is 3.38. The highest BCUT2D eigenvalue weighted by Crippen LogP contribution is 2.39. The molecule has 2 aromatic rings. The molecule has 0 spiro atoms. The van der Waals surface area contributed by atoms with E-state index in [9.17, 15) is 5.11 Å². The fourth-order valence-corrected chi connectivity index (χ4v) is 4.10. The molecule has 114 valence electrons. The van der Waals surface area contributed by atoms with E-state index in [-0.39, 0.29) is 0 Å². The maximum atomic E-state index is 10.5. The number of aliphatic hydroxyl groups excluding tert-OH is 1. The predicted molar refractivity (Wildman–Crippen MR) is 88.9 cm³/mol. The molecule has 3 aliphatic heterocycles. The Morgan fingerprint density at radius 1 is 0.864 bits per heavy atom. The van der Waals surface area contributed by atoms with Crippen LogP contribution in [0.2, 0.25) is 0 Å². The van der Waals surface area contributed by atoms with Crippen molar-refractivity contribution in [1.29, 1.82) is 0 Å². The van der Waals surface area contributed by atoms with Gasteiger partial charge in [-0.15, -0.1) is 0 Å². The maximum absolute atomic E-state index is 10.5. The lowest BCUT2D eigenvalue weighted by atomic mass is 9.75. The van der Waals surface area contributed by atoms with Crippen LogP contribution in [0.25, 0.3) is 0 Å². The Labute approximate surface area is 132 Å². The van der Waals surface area contributed by atoms with E-state index >= 15 is 0 Å². The van der Waals surface area contributed by atoms with Gasteiger partial charge in [-0.05, 0) is 54.5 Å². The van der Waals surface area contributed by atoms with E-state index in [1.807, 2.05) is 30.3 Å². The van der Waals surface area contributed by atoms with Crippen molar-refractivity contribution in [2.24, 2.45) is 5.92 Å². The molecule has 1 N–H and O–H groups in total. The molecule has 2 unspecified atom stereocenters. The minimum absolute atomic E-state index is 0.526. The van der Waals surface area contributed by atoms with Gasteiger partial charge in [-0.25, -0.2) is 0 Å². The molecule has 0 radical (unpaired) electrons. The number of hydrogen-bond acceptors (Lipinski definition) is 2. The normalized spacial score (nSPS) is 28.5. The van der Waals surface area contributed by atoms with Crippen LogP contribution in [0, 0.1) is 5.92 Å². The van der Waals surface area contributed by atoms with Crippen molar-refractivity contribution in [3.05, 3.63) is 71.3 Å². The monoisotopic (exact) mass is 293 g/mol. The second-order valence-electron chi connectivity index (χ2n) is 6.72. The van der Waals surface area contributed by atoms with E-state index in [0.717, 1.165) is 17.0 Å². The third kappa shape index (κ3) is 2.57. The van der Waals surface area contributed by atoms with E-state index in [1.165, 1.54) is 38.0 Å². The van der Waals surface area contributed by atoms with Crippen molar-refractivity contribution in [3.8, 4) is 0 Å². The molecule has 2 atom stereocenters. The van der Waals surface area contributed by atoms with Gasteiger partial charge in [0.2, 0.25) is 0 Å². The number of rotatable bonds is 3. The van der Waals surface area contributed by atoms with Gasteiger partial charge in [0.25, 0.3) is 0 Å². The molecular formula is C20H23NO. The van der Waals surface area contributed by atoms with E-state index < -0.39 is 6.10 Å². The van der Waals surface area contributed by atoms with Crippen molar-refractivity contribution in [3.63, 3.8) is 0 Å². The van der Waals surface area contributed by atoms with E-state index in [4.69, 9.17) is 0 Å². The molecule has 5 rings (SSSR count). The molecule has 0 saturated carbocycles. The molecule has 3 saturated heterocycles. The highest BCUT2D eigenvalue weighted by atomic mass is 16.3. The number of fused-ring (bicyclic) bond motifs is 3. The zero-order valence-corrected chi connectivity index (χ0v) is 12.9. The number of benzene rings is 2. The number of nitrogens with zero attached hydrogens (tertiary/aromatic N) is 1. The first kappa shape index (κ1) is 14.0. The summed E-state index contributed by atoms with van der Waals surface area (Å²) >= 11 is 0. The Hall–Kier alpha value is -1.64. The smallest absolute Gasteiger partial charge is 0.104 e. The van der Waals surface area contributed by atoms with Crippen LogP contribution in [0.15, 0.2) is 54.6 Å². The Balaban J connectivity index is 1.53. The lowest BCUT2D eigenvalue weighted by Crippen LogP contribution is -2.46. The summed E-state index contributed by atoms with van der Waals surface area (Å²) in [6, 6.07) is 18.5. The van der Waals surface area contributed by atoms with Gasteiger partial charge in [-0.2, -0.15) is 0 Å². The van der Waals surface area contributed by atoms with Crippen LogP contribution in [-0.2, 0) is 0 Å². The largest absolute Gasteiger partial charge is 0.384 e. The van der Waals surface area contributed by atoms with E-state index in [1.54, 1.807) is 0 Å². The van der Waals surface area contributed by atoms with Gasteiger partial charge in [-0.1, -0.05) is 54.6 Å². The summed E-state index contributed by atoms with van der Waals surface area (Å²) in [5, 5.41) is 10.5. The molecule has 2 heteroatoms. The lowest BCUT2D eigenvalue weighted by Gasteiger charge is -2.45. The molecule has 3 heterocycles. The van der Waals surface area contributed by atoms with Crippen LogP contribution in [-0.4, -0.2) is 29.6 Å². The van der Waals surface area contributed by atoms with E-state index in [2.05, 4.69) is 29.2 Å². The fourth-order valence-electron chi connectivity index (χ4n) is 4.10.